The molecule has 0 bridgehead atoms. The lowest BCUT2D eigenvalue weighted by atomic mass is 10.0. The molecule has 1 aliphatic rings. The average Bonchev–Trinajstić information content (AvgIpc) is 2.48. The summed E-state index contributed by atoms with van der Waals surface area (Å²) in [6.45, 7) is 4.69. The maximum Gasteiger partial charge on any atom is 0.411 e. The Labute approximate surface area is 125 Å². The summed E-state index contributed by atoms with van der Waals surface area (Å²) < 4.78 is 5.36. The number of hydrogen-bond acceptors (Lipinski definition) is 3. The van der Waals surface area contributed by atoms with Gasteiger partial charge in [-0.25, -0.2) is 4.79 Å². The second-order valence-corrected chi connectivity index (χ2v) is 5.49. The molecule has 0 radical (unpaired) electrons. The van der Waals surface area contributed by atoms with E-state index < -0.39 is 12.1 Å². The Kier molecular flexibility index (Phi) is 5.20. The van der Waals surface area contributed by atoms with Gasteiger partial charge >= 0.3 is 6.09 Å². The number of piperidine rings is 1. The third-order valence-corrected chi connectivity index (χ3v) is 3.56. The summed E-state index contributed by atoms with van der Waals surface area (Å²) in [4.78, 5) is 25.8. The molecule has 21 heavy (non-hydrogen) atoms. The molecule has 114 valence electrons. The fourth-order valence-corrected chi connectivity index (χ4v) is 2.51. The van der Waals surface area contributed by atoms with Gasteiger partial charge in [0.2, 0.25) is 5.91 Å². The lowest BCUT2D eigenvalue weighted by molar-refractivity contribution is -0.128. The van der Waals surface area contributed by atoms with Crippen LogP contribution in [0.1, 0.15) is 32.3 Å². The standard InChI is InChI=1S/C16H22N2O3/c1-12(2)18(14-9-6-10-17-15(14)19)16(20)21-11-13-7-4-3-5-8-13/h3-5,7-8,12,14H,6,9-11H2,1-2H3,(H,17,19)/t14-/m0/s1. The van der Waals surface area contributed by atoms with E-state index in [1.807, 2.05) is 44.2 Å². The van der Waals surface area contributed by atoms with Crippen LogP contribution < -0.4 is 5.32 Å². The lowest BCUT2D eigenvalue weighted by Crippen LogP contribution is -2.55. The zero-order valence-electron chi connectivity index (χ0n) is 12.5. The molecule has 5 nitrogen and oxygen atoms in total. The van der Waals surface area contributed by atoms with Crippen molar-refractivity contribution >= 4 is 12.0 Å². The molecule has 2 rings (SSSR count). The number of amides is 2. The maximum absolute atomic E-state index is 12.3. The fraction of sp³-hybridized carbons (Fsp3) is 0.500. The van der Waals surface area contributed by atoms with Gasteiger partial charge in [-0.2, -0.15) is 0 Å². The highest BCUT2D eigenvalue weighted by atomic mass is 16.6. The SMILES string of the molecule is CC(C)N(C(=O)OCc1ccccc1)[C@H]1CCCNC1=O. The van der Waals surface area contributed by atoms with Gasteiger partial charge in [0.1, 0.15) is 12.6 Å². The lowest BCUT2D eigenvalue weighted by Gasteiger charge is -2.35. The fourth-order valence-electron chi connectivity index (χ4n) is 2.51. The highest BCUT2D eigenvalue weighted by molar-refractivity contribution is 5.86. The van der Waals surface area contributed by atoms with E-state index in [1.54, 1.807) is 0 Å². The Morgan fingerprint density at radius 1 is 1.38 bits per heavy atom. The molecule has 1 atom stereocenters. The van der Waals surface area contributed by atoms with Gasteiger partial charge in [-0.1, -0.05) is 30.3 Å². The van der Waals surface area contributed by atoms with Crippen molar-refractivity contribution in [3.63, 3.8) is 0 Å². The van der Waals surface area contributed by atoms with Crippen LogP contribution in [0.25, 0.3) is 0 Å². The minimum Gasteiger partial charge on any atom is -0.445 e. The molecule has 0 saturated carbocycles. The topological polar surface area (TPSA) is 58.6 Å². The molecule has 0 spiro atoms. The van der Waals surface area contributed by atoms with E-state index in [-0.39, 0.29) is 18.6 Å². The normalized spacial score (nSPS) is 18.2. The Morgan fingerprint density at radius 3 is 2.71 bits per heavy atom. The van der Waals surface area contributed by atoms with Gasteiger partial charge in [-0.15, -0.1) is 0 Å². The minimum absolute atomic E-state index is 0.0814. The highest BCUT2D eigenvalue weighted by Crippen LogP contribution is 2.17. The Hall–Kier alpha value is -2.04. The summed E-state index contributed by atoms with van der Waals surface area (Å²) in [7, 11) is 0. The molecule has 1 heterocycles. The van der Waals surface area contributed by atoms with E-state index in [9.17, 15) is 9.59 Å². The molecule has 5 heteroatoms. The van der Waals surface area contributed by atoms with Gasteiger partial charge in [0.25, 0.3) is 0 Å². The van der Waals surface area contributed by atoms with Crippen LogP contribution >= 0.6 is 0 Å². The number of carbonyl (C=O) groups excluding carboxylic acids is 2. The van der Waals surface area contributed by atoms with Gasteiger partial charge in [0, 0.05) is 12.6 Å². The number of carbonyl (C=O) groups is 2. The van der Waals surface area contributed by atoms with Crippen LogP contribution in [-0.2, 0) is 16.1 Å². The molecule has 1 aliphatic heterocycles. The first-order valence-corrected chi connectivity index (χ1v) is 7.36. The van der Waals surface area contributed by atoms with Crippen molar-refractivity contribution in [2.75, 3.05) is 6.54 Å². The molecule has 0 aromatic heterocycles. The van der Waals surface area contributed by atoms with Crippen molar-refractivity contribution in [3.8, 4) is 0 Å². The summed E-state index contributed by atoms with van der Waals surface area (Å²) in [6.07, 6.45) is 1.13. The Morgan fingerprint density at radius 2 is 2.10 bits per heavy atom. The number of nitrogens with one attached hydrogen (secondary N) is 1. The van der Waals surface area contributed by atoms with Crippen LogP contribution in [0.5, 0.6) is 0 Å². The van der Waals surface area contributed by atoms with Crippen molar-refractivity contribution in [2.24, 2.45) is 0 Å². The van der Waals surface area contributed by atoms with E-state index >= 15 is 0 Å². The molecule has 2 amide bonds. The van der Waals surface area contributed by atoms with Gasteiger partial charge in [-0.05, 0) is 32.3 Å². The predicted octanol–water partition coefficient (Wildman–Crippen LogP) is 2.31. The number of rotatable bonds is 4. The quantitative estimate of drug-likeness (QED) is 0.925. The summed E-state index contributed by atoms with van der Waals surface area (Å²) >= 11 is 0. The molecule has 1 aromatic carbocycles. The van der Waals surface area contributed by atoms with Gasteiger partial charge in [0.05, 0.1) is 0 Å². The molecule has 1 fully saturated rings. The monoisotopic (exact) mass is 290 g/mol. The van der Waals surface area contributed by atoms with Crippen molar-refractivity contribution in [1.82, 2.24) is 10.2 Å². The molecular weight excluding hydrogens is 268 g/mol. The second kappa shape index (κ2) is 7.11. The molecular formula is C16H22N2O3. The van der Waals surface area contributed by atoms with Crippen LogP contribution in [0, 0.1) is 0 Å². The van der Waals surface area contributed by atoms with Crippen LogP contribution in [-0.4, -0.2) is 35.5 Å². The first-order chi connectivity index (χ1) is 10.1. The molecule has 0 unspecified atom stereocenters. The number of hydrogen-bond donors (Lipinski definition) is 1. The summed E-state index contributed by atoms with van der Waals surface area (Å²) in [6, 6.07) is 9.01. The van der Waals surface area contributed by atoms with E-state index in [4.69, 9.17) is 4.74 Å². The molecule has 1 N–H and O–H groups in total. The predicted molar refractivity (Wildman–Crippen MR) is 79.6 cm³/mol. The highest BCUT2D eigenvalue weighted by Gasteiger charge is 2.34. The number of nitrogens with zero attached hydrogens (tertiary/aromatic N) is 1. The van der Waals surface area contributed by atoms with Crippen LogP contribution in [0.2, 0.25) is 0 Å². The zero-order chi connectivity index (χ0) is 15.2. The molecule has 1 aromatic rings. The second-order valence-electron chi connectivity index (χ2n) is 5.49. The molecule has 1 saturated heterocycles. The molecule has 0 aliphatic carbocycles. The minimum atomic E-state index is -0.434. The van der Waals surface area contributed by atoms with E-state index in [1.165, 1.54) is 4.90 Å². The maximum atomic E-state index is 12.3. The van der Waals surface area contributed by atoms with Crippen molar-refractivity contribution in [3.05, 3.63) is 35.9 Å². The zero-order valence-corrected chi connectivity index (χ0v) is 12.5. The van der Waals surface area contributed by atoms with E-state index in [0.29, 0.717) is 13.0 Å². The first kappa shape index (κ1) is 15.4. The van der Waals surface area contributed by atoms with Gasteiger partial charge < -0.3 is 10.1 Å². The van der Waals surface area contributed by atoms with Crippen molar-refractivity contribution < 1.29 is 14.3 Å². The van der Waals surface area contributed by atoms with E-state index in [2.05, 4.69) is 5.32 Å². The van der Waals surface area contributed by atoms with Gasteiger partial charge in [0.15, 0.2) is 0 Å². The van der Waals surface area contributed by atoms with Crippen molar-refractivity contribution in [1.29, 1.82) is 0 Å². The largest absolute Gasteiger partial charge is 0.445 e. The average molecular weight is 290 g/mol. The summed E-state index contributed by atoms with van der Waals surface area (Å²) in [5, 5.41) is 2.81. The van der Waals surface area contributed by atoms with E-state index in [0.717, 1.165) is 12.0 Å². The first-order valence-electron chi connectivity index (χ1n) is 7.36. The smallest absolute Gasteiger partial charge is 0.411 e. The number of ether oxygens (including phenoxy) is 1. The Bertz CT molecular complexity index is 488. The number of benzene rings is 1. The summed E-state index contributed by atoms with van der Waals surface area (Å²) in [5.74, 6) is -0.0911. The third-order valence-electron chi connectivity index (χ3n) is 3.56. The van der Waals surface area contributed by atoms with Crippen LogP contribution in [0.4, 0.5) is 4.79 Å². The van der Waals surface area contributed by atoms with Crippen LogP contribution in [0.3, 0.4) is 0 Å². The Balaban J connectivity index is 2.00. The van der Waals surface area contributed by atoms with Gasteiger partial charge in [-0.3, -0.25) is 9.69 Å². The third kappa shape index (κ3) is 3.97. The van der Waals surface area contributed by atoms with Crippen molar-refractivity contribution in [2.45, 2.75) is 45.4 Å². The van der Waals surface area contributed by atoms with Crippen LogP contribution in [0.15, 0.2) is 30.3 Å². The summed E-state index contributed by atoms with van der Waals surface area (Å²) in [5.41, 5.74) is 0.933.